The van der Waals surface area contributed by atoms with Crippen LogP contribution in [0.1, 0.15) is 57.4 Å². The highest BCUT2D eigenvalue weighted by Gasteiger charge is 2.56. The Bertz CT molecular complexity index is 624. The van der Waals surface area contributed by atoms with Gasteiger partial charge in [-0.3, -0.25) is 4.79 Å². The standard InChI is InChI=1S/C20H27NO4/c1-19(17(22)23)14-20(10-6-3-7-11-20)12-16(19)21-18(24)25-13-15-8-4-2-5-9-15/h2,4-5,8-9,16H,3,6-7,10-14H2,1H3,(H,21,24)(H,22,23). The molecule has 0 aliphatic heterocycles. The van der Waals surface area contributed by atoms with E-state index in [9.17, 15) is 14.7 Å². The number of ether oxygens (including phenoxy) is 1. The van der Waals surface area contributed by atoms with Gasteiger partial charge in [0.1, 0.15) is 6.61 Å². The maximum absolute atomic E-state index is 12.2. The maximum Gasteiger partial charge on any atom is 0.407 e. The first-order chi connectivity index (χ1) is 11.9. The molecule has 3 rings (SSSR count). The quantitative estimate of drug-likeness (QED) is 0.861. The molecule has 25 heavy (non-hydrogen) atoms. The Hall–Kier alpha value is -2.04. The highest BCUT2D eigenvalue weighted by atomic mass is 16.5. The normalized spacial score (nSPS) is 27.8. The Morgan fingerprint density at radius 2 is 1.88 bits per heavy atom. The van der Waals surface area contributed by atoms with Crippen LogP contribution in [-0.4, -0.2) is 23.2 Å². The lowest BCUT2D eigenvalue weighted by Gasteiger charge is -2.34. The van der Waals surface area contributed by atoms with Gasteiger partial charge in [0.05, 0.1) is 5.41 Å². The number of amides is 1. The summed E-state index contributed by atoms with van der Waals surface area (Å²) in [6, 6.07) is 9.09. The molecular weight excluding hydrogens is 318 g/mol. The molecule has 2 aliphatic rings. The van der Waals surface area contributed by atoms with Gasteiger partial charge in [0, 0.05) is 6.04 Å². The SMILES string of the molecule is CC1(C(=O)O)CC2(CCCCC2)CC1NC(=O)OCc1ccccc1. The maximum atomic E-state index is 12.2. The summed E-state index contributed by atoms with van der Waals surface area (Å²) >= 11 is 0. The van der Waals surface area contributed by atoms with Gasteiger partial charge in [0.2, 0.25) is 0 Å². The summed E-state index contributed by atoms with van der Waals surface area (Å²) in [5.74, 6) is -0.830. The second kappa shape index (κ2) is 7.06. The Kier molecular flexibility index (Phi) is 5.02. The van der Waals surface area contributed by atoms with Gasteiger partial charge in [-0.25, -0.2) is 4.79 Å². The van der Waals surface area contributed by atoms with E-state index in [0.29, 0.717) is 6.42 Å². The van der Waals surface area contributed by atoms with E-state index in [1.807, 2.05) is 30.3 Å². The lowest BCUT2D eigenvalue weighted by Crippen LogP contribution is -2.47. The second-order valence-electron chi connectivity index (χ2n) is 7.92. The number of benzene rings is 1. The zero-order valence-electron chi connectivity index (χ0n) is 14.8. The van der Waals surface area contributed by atoms with Gasteiger partial charge in [-0.05, 0) is 43.6 Å². The average Bonchev–Trinajstić information content (AvgIpc) is 2.87. The van der Waals surface area contributed by atoms with E-state index in [0.717, 1.165) is 37.7 Å². The zero-order chi connectivity index (χ0) is 17.9. The average molecular weight is 345 g/mol. The van der Waals surface area contributed by atoms with Crippen LogP contribution in [0, 0.1) is 10.8 Å². The first-order valence-electron chi connectivity index (χ1n) is 9.14. The van der Waals surface area contributed by atoms with Crippen molar-refractivity contribution < 1.29 is 19.4 Å². The van der Waals surface area contributed by atoms with Crippen molar-refractivity contribution in [1.82, 2.24) is 5.32 Å². The molecule has 1 aromatic rings. The summed E-state index contributed by atoms with van der Waals surface area (Å²) in [5, 5.41) is 12.6. The van der Waals surface area contributed by atoms with E-state index in [4.69, 9.17) is 4.74 Å². The largest absolute Gasteiger partial charge is 0.481 e. The molecule has 2 fully saturated rings. The van der Waals surface area contributed by atoms with Gasteiger partial charge in [-0.2, -0.15) is 0 Å². The molecule has 2 aliphatic carbocycles. The number of carboxylic acids is 1. The monoisotopic (exact) mass is 345 g/mol. The highest BCUT2D eigenvalue weighted by molar-refractivity contribution is 5.78. The fraction of sp³-hybridized carbons (Fsp3) is 0.600. The minimum Gasteiger partial charge on any atom is -0.481 e. The van der Waals surface area contributed by atoms with E-state index >= 15 is 0 Å². The van der Waals surface area contributed by atoms with Gasteiger partial charge < -0.3 is 15.2 Å². The summed E-state index contributed by atoms with van der Waals surface area (Å²) in [5.41, 5.74) is 0.0418. The number of carbonyl (C=O) groups is 2. The van der Waals surface area contributed by atoms with Crippen molar-refractivity contribution in [3.8, 4) is 0 Å². The molecule has 0 radical (unpaired) electrons. The number of nitrogens with one attached hydrogen (secondary N) is 1. The number of carboxylic acid groups (broad SMARTS) is 1. The fourth-order valence-electron chi connectivity index (χ4n) is 4.66. The molecule has 0 heterocycles. The van der Waals surface area contributed by atoms with Gasteiger partial charge in [0.15, 0.2) is 0 Å². The van der Waals surface area contributed by atoms with Crippen LogP contribution < -0.4 is 5.32 Å². The lowest BCUT2D eigenvalue weighted by molar-refractivity contribution is -0.149. The minimum atomic E-state index is -0.927. The van der Waals surface area contributed by atoms with E-state index in [1.165, 1.54) is 6.42 Å². The van der Waals surface area contributed by atoms with E-state index in [2.05, 4.69) is 5.32 Å². The van der Waals surface area contributed by atoms with Gasteiger partial charge in [-0.15, -0.1) is 0 Å². The lowest BCUT2D eigenvalue weighted by atomic mass is 9.71. The number of rotatable bonds is 4. The molecule has 1 amide bonds. The predicted molar refractivity (Wildman–Crippen MR) is 94.0 cm³/mol. The highest BCUT2D eigenvalue weighted by Crippen LogP contribution is 2.56. The van der Waals surface area contributed by atoms with Crippen molar-refractivity contribution >= 4 is 12.1 Å². The van der Waals surface area contributed by atoms with Crippen molar-refractivity contribution in [3.05, 3.63) is 35.9 Å². The third-order valence-electron chi connectivity index (χ3n) is 6.06. The van der Waals surface area contributed by atoms with Crippen molar-refractivity contribution in [2.24, 2.45) is 10.8 Å². The third-order valence-corrected chi connectivity index (χ3v) is 6.06. The van der Waals surface area contributed by atoms with Crippen LogP contribution in [-0.2, 0) is 16.1 Å². The van der Waals surface area contributed by atoms with Crippen LogP contribution in [0.15, 0.2) is 30.3 Å². The van der Waals surface area contributed by atoms with Crippen LogP contribution in [0.3, 0.4) is 0 Å². The van der Waals surface area contributed by atoms with Crippen LogP contribution in [0.2, 0.25) is 0 Å². The molecule has 5 heteroatoms. The number of aliphatic carboxylic acids is 1. The second-order valence-corrected chi connectivity index (χ2v) is 7.92. The van der Waals surface area contributed by atoms with E-state index in [1.54, 1.807) is 6.92 Å². The minimum absolute atomic E-state index is 0.0583. The van der Waals surface area contributed by atoms with E-state index in [-0.39, 0.29) is 18.1 Å². The Labute approximate surface area is 148 Å². The molecule has 136 valence electrons. The summed E-state index contributed by atoms with van der Waals surface area (Å²) in [4.78, 5) is 24.2. The summed E-state index contributed by atoms with van der Waals surface area (Å²) in [6.07, 6.45) is 6.49. The molecule has 0 aromatic heterocycles. The van der Waals surface area contributed by atoms with Crippen molar-refractivity contribution in [2.75, 3.05) is 0 Å². The predicted octanol–water partition coefficient (Wildman–Crippen LogP) is 4.12. The summed E-state index contributed by atoms with van der Waals surface area (Å²) in [6.45, 7) is 1.95. The van der Waals surface area contributed by atoms with Gasteiger partial charge in [0.25, 0.3) is 0 Å². The molecule has 0 saturated heterocycles. The molecule has 1 aromatic carbocycles. The van der Waals surface area contributed by atoms with Crippen LogP contribution in [0.25, 0.3) is 0 Å². The Balaban J connectivity index is 1.64. The summed E-state index contributed by atoms with van der Waals surface area (Å²) < 4.78 is 5.30. The molecule has 2 N–H and O–H groups in total. The molecule has 2 saturated carbocycles. The molecule has 2 unspecified atom stereocenters. The molecule has 1 spiro atoms. The van der Waals surface area contributed by atoms with Crippen LogP contribution >= 0.6 is 0 Å². The smallest absolute Gasteiger partial charge is 0.407 e. The summed E-state index contributed by atoms with van der Waals surface area (Å²) in [7, 11) is 0. The van der Waals surface area contributed by atoms with Gasteiger partial charge in [-0.1, -0.05) is 49.6 Å². The topological polar surface area (TPSA) is 75.6 Å². The van der Waals surface area contributed by atoms with Crippen LogP contribution in [0.4, 0.5) is 4.79 Å². The zero-order valence-corrected chi connectivity index (χ0v) is 14.8. The number of carbonyl (C=O) groups excluding carboxylic acids is 1. The van der Waals surface area contributed by atoms with Gasteiger partial charge >= 0.3 is 12.1 Å². The third kappa shape index (κ3) is 3.80. The first kappa shape index (κ1) is 17.8. The molecule has 0 bridgehead atoms. The number of alkyl carbamates (subject to hydrolysis) is 1. The molecule has 2 atom stereocenters. The number of hydrogen-bond donors (Lipinski definition) is 2. The Morgan fingerprint density at radius 3 is 2.52 bits per heavy atom. The fourth-order valence-corrected chi connectivity index (χ4v) is 4.66. The van der Waals surface area contributed by atoms with Crippen molar-refractivity contribution in [3.63, 3.8) is 0 Å². The number of hydrogen-bond acceptors (Lipinski definition) is 3. The van der Waals surface area contributed by atoms with Crippen molar-refractivity contribution in [1.29, 1.82) is 0 Å². The Morgan fingerprint density at radius 1 is 1.20 bits per heavy atom. The molecular formula is C20H27NO4. The van der Waals surface area contributed by atoms with Crippen molar-refractivity contribution in [2.45, 2.75) is 64.5 Å². The van der Waals surface area contributed by atoms with E-state index < -0.39 is 17.5 Å². The molecule has 5 nitrogen and oxygen atoms in total. The first-order valence-corrected chi connectivity index (χ1v) is 9.14. The van der Waals surface area contributed by atoms with Crippen LogP contribution in [0.5, 0.6) is 0 Å².